The number of amides is 1. The molecule has 0 N–H and O–H groups in total. The summed E-state index contributed by atoms with van der Waals surface area (Å²) in [5.74, 6) is -0.105. The summed E-state index contributed by atoms with van der Waals surface area (Å²) < 4.78 is 4.92. The van der Waals surface area contributed by atoms with Crippen LogP contribution in [0.4, 0.5) is 0 Å². The van der Waals surface area contributed by atoms with Crippen molar-refractivity contribution in [2.24, 2.45) is 0 Å². The summed E-state index contributed by atoms with van der Waals surface area (Å²) >= 11 is 0. The number of carbonyl (C=O) groups excluding carboxylic acids is 2. The van der Waals surface area contributed by atoms with Crippen molar-refractivity contribution in [3.05, 3.63) is 47.8 Å². The average Bonchev–Trinajstić information content (AvgIpc) is 2.96. The fourth-order valence-electron chi connectivity index (χ4n) is 2.30. The van der Waals surface area contributed by atoms with E-state index in [1.54, 1.807) is 18.0 Å². The average molecular weight is 302 g/mol. The van der Waals surface area contributed by atoms with Crippen LogP contribution < -0.4 is 0 Å². The number of esters is 1. The summed E-state index contributed by atoms with van der Waals surface area (Å²) in [5, 5.41) is 0. The molecule has 1 aliphatic heterocycles. The zero-order valence-electron chi connectivity index (χ0n) is 13.1. The molecule has 0 aromatic heterocycles. The monoisotopic (exact) mass is 302 g/mol. The van der Waals surface area contributed by atoms with Gasteiger partial charge in [0.15, 0.2) is 0 Å². The van der Waals surface area contributed by atoms with E-state index in [4.69, 9.17) is 4.74 Å². The molecule has 0 bridgehead atoms. The van der Waals surface area contributed by atoms with Crippen LogP contribution in [0.25, 0.3) is 0 Å². The van der Waals surface area contributed by atoms with E-state index in [2.05, 4.69) is 17.0 Å². The van der Waals surface area contributed by atoms with Crippen molar-refractivity contribution in [2.45, 2.75) is 33.2 Å². The number of carbonyl (C=O) groups is 2. The molecule has 5 nitrogen and oxygen atoms in total. The number of nitrogens with zero attached hydrogens (tertiary/aromatic N) is 2. The van der Waals surface area contributed by atoms with Gasteiger partial charge < -0.3 is 9.64 Å². The summed E-state index contributed by atoms with van der Waals surface area (Å²) in [4.78, 5) is 26.4. The number of aryl methyl sites for hydroxylation is 1. The lowest BCUT2D eigenvalue weighted by Gasteiger charge is -2.19. The number of hydrogen-bond acceptors (Lipinski definition) is 4. The van der Waals surface area contributed by atoms with Crippen molar-refractivity contribution in [3.63, 3.8) is 0 Å². The first-order valence-corrected chi connectivity index (χ1v) is 7.51. The van der Waals surface area contributed by atoms with Gasteiger partial charge in [0.2, 0.25) is 5.91 Å². The van der Waals surface area contributed by atoms with Crippen LogP contribution in [0.2, 0.25) is 0 Å². The molecule has 1 aromatic carbocycles. The smallest absolute Gasteiger partial charge is 0.306 e. The lowest BCUT2D eigenvalue weighted by Crippen LogP contribution is -2.28. The van der Waals surface area contributed by atoms with Gasteiger partial charge in [0.05, 0.1) is 13.3 Å². The van der Waals surface area contributed by atoms with E-state index in [-0.39, 0.29) is 11.9 Å². The van der Waals surface area contributed by atoms with Gasteiger partial charge in [-0.3, -0.25) is 14.5 Å². The normalized spacial score (nSPS) is 13.5. The Kier molecular flexibility index (Phi) is 5.58. The summed E-state index contributed by atoms with van der Waals surface area (Å²) in [5.41, 5.74) is 2.30. The zero-order chi connectivity index (χ0) is 15.9. The van der Waals surface area contributed by atoms with E-state index >= 15 is 0 Å². The minimum absolute atomic E-state index is 0.0491. The van der Waals surface area contributed by atoms with Gasteiger partial charge >= 0.3 is 5.97 Å². The fourth-order valence-corrected chi connectivity index (χ4v) is 2.30. The SMILES string of the molecule is CCOC(=O)CCc1ccc(CN2C=CN(C(C)=O)C2)cc1. The van der Waals surface area contributed by atoms with Crippen molar-refractivity contribution >= 4 is 11.9 Å². The Labute approximate surface area is 131 Å². The maximum Gasteiger partial charge on any atom is 0.306 e. The molecule has 2 rings (SSSR count). The second-order valence-electron chi connectivity index (χ2n) is 5.30. The number of ether oxygens (including phenoxy) is 1. The molecular weight excluding hydrogens is 280 g/mol. The quantitative estimate of drug-likeness (QED) is 0.757. The highest BCUT2D eigenvalue weighted by atomic mass is 16.5. The third kappa shape index (κ3) is 4.62. The van der Waals surface area contributed by atoms with Crippen molar-refractivity contribution in [1.29, 1.82) is 0 Å². The lowest BCUT2D eigenvalue weighted by atomic mass is 10.1. The molecule has 5 heteroatoms. The van der Waals surface area contributed by atoms with Crippen LogP contribution in [-0.2, 0) is 27.3 Å². The van der Waals surface area contributed by atoms with Crippen molar-refractivity contribution in [1.82, 2.24) is 9.80 Å². The van der Waals surface area contributed by atoms with Gasteiger partial charge in [0, 0.05) is 32.3 Å². The van der Waals surface area contributed by atoms with Gasteiger partial charge in [0.1, 0.15) is 0 Å². The van der Waals surface area contributed by atoms with E-state index in [0.29, 0.717) is 26.1 Å². The Balaban J connectivity index is 1.81. The van der Waals surface area contributed by atoms with Crippen LogP contribution >= 0.6 is 0 Å². The number of rotatable bonds is 6. The summed E-state index contributed by atoms with van der Waals surface area (Å²) in [7, 11) is 0. The highest BCUT2D eigenvalue weighted by Gasteiger charge is 2.15. The van der Waals surface area contributed by atoms with Crippen LogP contribution in [0.1, 0.15) is 31.4 Å². The molecule has 118 valence electrons. The molecule has 0 aliphatic carbocycles. The predicted molar refractivity (Wildman–Crippen MR) is 83.5 cm³/mol. The highest BCUT2D eigenvalue weighted by Crippen LogP contribution is 2.13. The molecule has 1 heterocycles. The molecular formula is C17H22N2O3. The van der Waals surface area contributed by atoms with Crippen molar-refractivity contribution in [3.8, 4) is 0 Å². The maximum atomic E-state index is 11.3. The first-order chi connectivity index (χ1) is 10.6. The molecule has 0 fully saturated rings. The van der Waals surface area contributed by atoms with Crippen LogP contribution in [0.5, 0.6) is 0 Å². The number of hydrogen-bond donors (Lipinski definition) is 0. The third-order valence-electron chi connectivity index (χ3n) is 3.53. The van der Waals surface area contributed by atoms with Gasteiger partial charge in [-0.15, -0.1) is 0 Å². The Morgan fingerprint density at radius 1 is 1.14 bits per heavy atom. The molecule has 0 radical (unpaired) electrons. The highest BCUT2D eigenvalue weighted by molar-refractivity contribution is 5.74. The van der Waals surface area contributed by atoms with E-state index < -0.39 is 0 Å². The predicted octanol–water partition coefficient (Wildman–Crippen LogP) is 2.28. The second-order valence-corrected chi connectivity index (χ2v) is 5.30. The van der Waals surface area contributed by atoms with Crippen LogP contribution in [-0.4, -0.2) is 35.0 Å². The van der Waals surface area contributed by atoms with Gasteiger partial charge in [-0.1, -0.05) is 24.3 Å². The minimum Gasteiger partial charge on any atom is -0.466 e. The Morgan fingerprint density at radius 2 is 1.82 bits per heavy atom. The van der Waals surface area contributed by atoms with Gasteiger partial charge in [-0.05, 0) is 24.5 Å². The van der Waals surface area contributed by atoms with Gasteiger partial charge in [0.25, 0.3) is 0 Å². The first kappa shape index (κ1) is 16.1. The first-order valence-electron chi connectivity index (χ1n) is 7.51. The van der Waals surface area contributed by atoms with E-state index in [9.17, 15) is 9.59 Å². The molecule has 1 aromatic rings. The third-order valence-corrected chi connectivity index (χ3v) is 3.53. The Bertz CT molecular complexity index is 552. The largest absolute Gasteiger partial charge is 0.466 e. The second kappa shape index (κ2) is 7.64. The van der Waals surface area contributed by atoms with Crippen molar-refractivity contribution in [2.75, 3.05) is 13.3 Å². The number of benzene rings is 1. The van der Waals surface area contributed by atoms with E-state index in [0.717, 1.165) is 12.1 Å². The lowest BCUT2D eigenvalue weighted by molar-refractivity contribution is -0.143. The topological polar surface area (TPSA) is 49.9 Å². The van der Waals surface area contributed by atoms with E-state index in [1.807, 2.05) is 25.3 Å². The molecule has 0 spiro atoms. The molecule has 0 unspecified atom stereocenters. The Hall–Kier alpha value is -2.30. The van der Waals surface area contributed by atoms with E-state index in [1.165, 1.54) is 5.56 Å². The summed E-state index contributed by atoms with van der Waals surface area (Å²) in [6.45, 7) is 5.16. The molecule has 0 saturated heterocycles. The summed E-state index contributed by atoms with van der Waals surface area (Å²) in [6.07, 6.45) is 4.84. The van der Waals surface area contributed by atoms with Gasteiger partial charge in [-0.2, -0.15) is 0 Å². The maximum absolute atomic E-state index is 11.3. The minimum atomic E-state index is -0.155. The fraction of sp³-hybridized carbons (Fsp3) is 0.412. The molecule has 1 aliphatic rings. The molecule has 22 heavy (non-hydrogen) atoms. The standard InChI is InChI=1S/C17H22N2O3/c1-3-22-17(21)9-8-15-4-6-16(7-5-15)12-18-10-11-19(13-18)14(2)20/h4-7,10-11H,3,8-9,12-13H2,1-2H3. The zero-order valence-corrected chi connectivity index (χ0v) is 13.1. The van der Waals surface area contributed by atoms with Gasteiger partial charge in [-0.25, -0.2) is 0 Å². The van der Waals surface area contributed by atoms with Crippen LogP contribution in [0.3, 0.4) is 0 Å². The molecule has 1 amide bonds. The van der Waals surface area contributed by atoms with Crippen LogP contribution in [0, 0.1) is 0 Å². The summed E-state index contributed by atoms with van der Waals surface area (Å²) in [6, 6.07) is 8.20. The Morgan fingerprint density at radius 3 is 2.41 bits per heavy atom. The molecule has 0 atom stereocenters. The van der Waals surface area contributed by atoms with Crippen LogP contribution in [0.15, 0.2) is 36.7 Å². The molecule has 0 saturated carbocycles. The van der Waals surface area contributed by atoms with Crippen molar-refractivity contribution < 1.29 is 14.3 Å².